The van der Waals surface area contributed by atoms with Crippen LogP contribution in [0.5, 0.6) is 0 Å². The van der Waals surface area contributed by atoms with Crippen LogP contribution in [0.4, 0.5) is 5.82 Å². The monoisotopic (exact) mass is 270 g/mol. The predicted octanol–water partition coefficient (Wildman–Crippen LogP) is 1.97. The van der Waals surface area contributed by atoms with Crippen molar-refractivity contribution in [2.45, 2.75) is 26.4 Å². The molecule has 1 heterocycles. The highest BCUT2D eigenvalue weighted by Gasteiger charge is 2.18. The maximum Gasteiger partial charge on any atom is 0.147 e. The maximum atomic E-state index is 6.37. The van der Waals surface area contributed by atoms with Crippen LogP contribution in [-0.4, -0.2) is 43.1 Å². The van der Waals surface area contributed by atoms with E-state index >= 15 is 0 Å². The molecule has 0 aromatic carbocycles. The van der Waals surface area contributed by atoms with Gasteiger partial charge in [-0.25, -0.2) is 4.98 Å². The highest BCUT2D eigenvalue weighted by molar-refractivity contribution is 6.33. The van der Waals surface area contributed by atoms with Gasteiger partial charge in [0.1, 0.15) is 5.82 Å². The smallest absolute Gasteiger partial charge is 0.147 e. The fraction of sp³-hybridized carbons (Fsp3) is 0.615. The zero-order valence-electron chi connectivity index (χ0n) is 11.7. The number of likely N-dealkylation sites (N-methyl/N-ethyl adjacent to an activating group) is 2. The van der Waals surface area contributed by atoms with E-state index < -0.39 is 0 Å². The Balaban J connectivity index is 3.01. The van der Waals surface area contributed by atoms with Crippen molar-refractivity contribution in [2.75, 3.05) is 32.1 Å². The Hall–Kier alpha value is -0.840. The average Bonchev–Trinajstić information content (AvgIpc) is 2.31. The van der Waals surface area contributed by atoms with Crippen molar-refractivity contribution in [1.29, 1.82) is 0 Å². The van der Waals surface area contributed by atoms with Gasteiger partial charge in [-0.15, -0.1) is 0 Å². The molecule has 102 valence electrons. The standard InChI is InChI=1S/C13H23ClN4/c1-5-18(10(2)9-17(3)4)13-12(14)11(8-15)6-7-16-13/h6-7,10H,5,8-9,15H2,1-4H3. The first-order chi connectivity index (χ1) is 8.51. The normalized spacial score (nSPS) is 12.8. The van der Waals surface area contributed by atoms with Crippen molar-refractivity contribution in [3.05, 3.63) is 22.8 Å². The number of nitrogens with zero attached hydrogens (tertiary/aromatic N) is 3. The molecule has 2 N–H and O–H groups in total. The quantitative estimate of drug-likeness (QED) is 0.859. The zero-order chi connectivity index (χ0) is 13.7. The van der Waals surface area contributed by atoms with Gasteiger partial charge < -0.3 is 15.5 Å². The lowest BCUT2D eigenvalue weighted by Crippen LogP contribution is -2.40. The van der Waals surface area contributed by atoms with Gasteiger partial charge in [0.2, 0.25) is 0 Å². The number of pyridine rings is 1. The van der Waals surface area contributed by atoms with Gasteiger partial charge in [-0.1, -0.05) is 11.6 Å². The summed E-state index contributed by atoms with van der Waals surface area (Å²) in [5.74, 6) is 0.830. The van der Waals surface area contributed by atoms with Crippen LogP contribution >= 0.6 is 11.6 Å². The first-order valence-corrected chi connectivity index (χ1v) is 6.63. The molecule has 0 aliphatic carbocycles. The molecule has 5 heteroatoms. The van der Waals surface area contributed by atoms with Gasteiger partial charge in [0.25, 0.3) is 0 Å². The summed E-state index contributed by atoms with van der Waals surface area (Å²) < 4.78 is 0. The third-order valence-corrected chi connectivity index (χ3v) is 3.36. The SMILES string of the molecule is CCN(c1nccc(CN)c1Cl)C(C)CN(C)C. The second-order valence-corrected chi connectivity index (χ2v) is 5.09. The lowest BCUT2D eigenvalue weighted by atomic mass is 10.2. The highest BCUT2D eigenvalue weighted by atomic mass is 35.5. The topological polar surface area (TPSA) is 45.4 Å². The summed E-state index contributed by atoms with van der Waals surface area (Å²) in [7, 11) is 4.13. The molecule has 1 aromatic heterocycles. The average molecular weight is 271 g/mol. The second kappa shape index (κ2) is 6.92. The molecule has 0 amide bonds. The van der Waals surface area contributed by atoms with Crippen LogP contribution in [0.2, 0.25) is 5.02 Å². The number of hydrogen-bond acceptors (Lipinski definition) is 4. The minimum atomic E-state index is 0.350. The Kier molecular flexibility index (Phi) is 5.85. The van der Waals surface area contributed by atoms with Crippen LogP contribution in [-0.2, 0) is 6.54 Å². The Bertz CT molecular complexity index is 381. The molecule has 1 unspecified atom stereocenters. The van der Waals surface area contributed by atoms with E-state index in [9.17, 15) is 0 Å². The second-order valence-electron chi connectivity index (χ2n) is 4.71. The fourth-order valence-corrected chi connectivity index (χ4v) is 2.42. The van der Waals surface area contributed by atoms with Gasteiger partial charge in [0.15, 0.2) is 0 Å². The number of rotatable bonds is 6. The molecule has 0 spiro atoms. The predicted molar refractivity (Wildman–Crippen MR) is 78.2 cm³/mol. The van der Waals surface area contributed by atoms with E-state index in [1.807, 2.05) is 6.07 Å². The fourth-order valence-electron chi connectivity index (χ4n) is 2.13. The number of hydrogen-bond donors (Lipinski definition) is 1. The van der Waals surface area contributed by atoms with E-state index in [2.05, 4.69) is 42.7 Å². The van der Waals surface area contributed by atoms with Gasteiger partial charge in [0.05, 0.1) is 5.02 Å². The highest BCUT2D eigenvalue weighted by Crippen LogP contribution is 2.27. The van der Waals surface area contributed by atoms with E-state index in [1.165, 1.54) is 0 Å². The van der Waals surface area contributed by atoms with E-state index in [0.717, 1.165) is 24.5 Å². The first kappa shape index (κ1) is 15.2. The van der Waals surface area contributed by atoms with E-state index in [-0.39, 0.29) is 0 Å². The lowest BCUT2D eigenvalue weighted by molar-refractivity contribution is 0.372. The van der Waals surface area contributed by atoms with Crippen molar-refractivity contribution >= 4 is 17.4 Å². The summed E-state index contributed by atoms with van der Waals surface area (Å²) >= 11 is 6.37. The van der Waals surface area contributed by atoms with Crippen LogP contribution in [0.3, 0.4) is 0 Å². The summed E-state index contributed by atoms with van der Waals surface area (Å²) in [6.45, 7) is 6.55. The third-order valence-electron chi connectivity index (χ3n) is 2.94. The lowest BCUT2D eigenvalue weighted by Gasteiger charge is -2.32. The van der Waals surface area contributed by atoms with Crippen LogP contribution in [0, 0.1) is 0 Å². The van der Waals surface area contributed by atoms with Gasteiger partial charge >= 0.3 is 0 Å². The summed E-state index contributed by atoms with van der Waals surface area (Å²) in [6, 6.07) is 2.22. The molecule has 0 bridgehead atoms. The molecule has 1 aromatic rings. The van der Waals surface area contributed by atoms with Crippen LogP contribution in [0.15, 0.2) is 12.3 Å². The van der Waals surface area contributed by atoms with Gasteiger partial charge in [-0.3, -0.25) is 0 Å². The molecule has 1 atom stereocenters. The van der Waals surface area contributed by atoms with Gasteiger partial charge in [-0.2, -0.15) is 0 Å². The summed E-state index contributed by atoms with van der Waals surface area (Å²) in [5.41, 5.74) is 6.62. The molecular weight excluding hydrogens is 248 g/mol. The molecule has 0 fully saturated rings. The van der Waals surface area contributed by atoms with Crippen LogP contribution < -0.4 is 10.6 Å². The molecule has 4 nitrogen and oxygen atoms in total. The van der Waals surface area contributed by atoms with Crippen LogP contribution in [0.25, 0.3) is 0 Å². The van der Waals surface area contributed by atoms with E-state index in [1.54, 1.807) is 6.20 Å². The molecular formula is C13H23ClN4. The maximum absolute atomic E-state index is 6.37. The first-order valence-electron chi connectivity index (χ1n) is 6.26. The van der Waals surface area contributed by atoms with E-state index in [0.29, 0.717) is 17.6 Å². The Morgan fingerprint density at radius 3 is 2.61 bits per heavy atom. The summed E-state index contributed by atoms with van der Waals surface area (Å²) in [6.07, 6.45) is 1.77. The number of nitrogens with two attached hydrogens (primary N) is 1. The van der Waals surface area contributed by atoms with Gasteiger partial charge in [-0.05, 0) is 39.6 Å². The van der Waals surface area contributed by atoms with Gasteiger partial charge in [0, 0.05) is 31.9 Å². The van der Waals surface area contributed by atoms with Crippen molar-refractivity contribution < 1.29 is 0 Å². The van der Waals surface area contributed by atoms with Crippen molar-refractivity contribution in [3.8, 4) is 0 Å². The number of halogens is 1. The summed E-state index contributed by atoms with van der Waals surface area (Å²) in [4.78, 5) is 8.78. The minimum absolute atomic E-state index is 0.350. The molecule has 0 saturated heterocycles. The van der Waals surface area contributed by atoms with Crippen molar-refractivity contribution in [2.24, 2.45) is 5.73 Å². The Morgan fingerprint density at radius 2 is 2.11 bits per heavy atom. The molecule has 1 rings (SSSR count). The molecule has 0 aliphatic rings. The minimum Gasteiger partial charge on any atom is -0.352 e. The Labute approximate surface area is 115 Å². The number of aromatic nitrogens is 1. The van der Waals surface area contributed by atoms with Crippen LogP contribution in [0.1, 0.15) is 19.4 Å². The van der Waals surface area contributed by atoms with Crippen molar-refractivity contribution in [1.82, 2.24) is 9.88 Å². The number of anilines is 1. The molecule has 0 saturated carbocycles. The van der Waals surface area contributed by atoms with Crippen molar-refractivity contribution in [3.63, 3.8) is 0 Å². The Morgan fingerprint density at radius 1 is 1.44 bits per heavy atom. The van der Waals surface area contributed by atoms with E-state index in [4.69, 9.17) is 17.3 Å². The molecule has 0 aliphatic heterocycles. The summed E-state index contributed by atoms with van der Waals surface area (Å²) in [5, 5.41) is 0.674. The third kappa shape index (κ3) is 3.57. The molecule has 18 heavy (non-hydrogen) atoms. The molecule has 0 radical (unpaired) electrons. The zero-order valence-corrected chi connectivity index (χ0v) is 12.4. The largest absolute Gasteiger partial charge is 0.352 e.